The SMILES string of the molecule is N#CC1(NC(=O)c2cccc(N3CCCC3=O)c2)CCCCC1. The van der Waals surface area contributed by atoms with Crippen LogP contribution in [0.15, 0.2) is 24.3 Å². The number of nitrogens with one attached hydrogen (secondary N) is 1. The lowest BCUT2D eigenvalue weighted by molar-refractivity contribution is -0.117. The van der Waals surface area contributed by atoms with Gasteiger partial charge in [0.05, 0.1) is 6.07 Å². The van der Waals surface area contributed by atoms with Gasteiger partial charge in [-0.05, 0) is 37.5 Å². The van der Waals surface area contributed by atoms with Crippen LogP contribution < -0.4 is 10.2 Å². The van der Waals surface area contributed by atoms with Gasteiger partial charge in [-0.1, -0.05) is 25.3 Å². The maximum Gasteiger partial charge on any atom is 0.252 e. The van der Waals surface area contributed by atoms with Crippen LogP contribution in [0.4, 0.5) is 5.69 Å². The van der Waals surface area contributed by atoms with Gasteiger partial charge in [-0.3, -0.25) is 9.59 Å². The first-order valence-electron chi connectivity index (χ1n) is 8.28. The predicted octanol–water partition coefficient (Wildman–Crippen LogP) is 2.77. The third kappa shape index (κ3) is 3.21. The number of carbonyl (C=O) groups is 2. The molecule has 5 heteroatoms. The Bertz CT molecular complexity index is 656. The zero-order valence-electron chi connectivity index (χ0n) is 13.2. The maximum atomic E-state index is 12.6. The molecule has 120 valence electrons. The summed E-state index contributed by atoms with van der Waals surface area (Å²) in [6.45, 7) is 0.700. The second kappa shape index (κ2) is 6.41. The summed E-state index contributed by atoms with van der Waals surface area (Å²) in [5.74, 6) is -0.134. The highest BCUT2D eigenvalue weighted by molar-refractivity contribution is 5.99. The molecule has 2 amide bonds. The van der Waals surface area contributed by atoms with E-state index in [4.69, 9.17) is 0 Å². The van der Waals surface area contributed by atoms with Crippen LogP contribution >= 0.6 is 0 Å². The van der Waals surface area contributed by atoms with Crippen molar-refractivity contribution in [3.63, 3.8) is 0 Å². The number of carbonyl (C=O) groups excluding carboxylic acids is 2. The molecule has 0 bridgehead atoms. The molecule has 0 atom stereocenters. The topological polar surface area (TPSA) is 73.2 Å². The second-order valence-corrected chi connectivity index (χ2v) is 6.41. The van der Waals surface area contributed by atoms with Gasteiger partial charge in [0, 0.05) is 24.2 Å². The highest BCUT2D eigenvalue weighted by Gasteiger charge is 2.34. The maximum absolute atomic E-state index is 12.6. The molecule has 1 aromatic carbocycles. The molecule has 1 aliphatic carbocycles. The standard InChI is InChI=1S/C18H21N3O2/c19-13-18(9-2-1-3-10-18)20-17(23)14-6-4-7-15(12-14)21-11-5-8-16(21)22/h4,6-7,12H,1-3,5,8-11H2,(H,20,23). The number of rotatable bonds is 3. The molecule has 23 heavy (non-hydrogen) atoms. The Morgan fingerprint density at radius 1 is 1.22 bits per heavy atom. The third-order valence-electron chi connectivity index (χ3n) is 4.77. The van der Waals surface area contributed by atoms with Crippen LogP contribution in [0.2, 0.25) is 0 Å². The molecule has 0 aromatic heterocycles. The van der Waals surface area contributed by atoms with Crippen LogP contribution in [-0.2, 0) is 4.79 Å². The molecule has 1 N–H and O–H groups in total. The molecule has 1 aromatic rings. The average Bonchev–Trinajstić information content (AvgIpc) is 3.02. The first-order valence-corrected chi connectivity index (χ1v) is 8.28. The largest absolute Gasteiger partial charge is 0.334 e. The van der Waals surface area contributed by atoms with Gasteiger partial charge < -0.3 is 10.2 Å². The quantitative estimate of drug-likeness (QED) is 0.933. The number of nitrogens with zero attached hydrogens (tertiary/aromatic N) is 2. The number of benzene rings is 1. The van der Waals surface area contributed by atoms with E-state index in [0.717, 1.165) is 31.4 Å². The normalized spacial score (nSPS) is 20.1. The fraction of sp³-hybridized carbons (Fsp3) is 0.500. The van der Waals surface area contributed by atoms with Crippen molar-refractivity contribution in [2.24, 2.45) is 0 Å². The molecule has 0 radical (unpaired) electrons. The van der Waals surface area contributed by atoms with E-state index in [-0.39, 0.29) is 11.8 Å². The minimum Gasteiger partial charge on any atom is -0.334 e. The summed E-state index contributed by atoms with van der Waals surface area (Å²) in [4.78, 5) is 26.1. The molecule has 2 aliphatic rings. The van der Waals surface area contributed by atoms with E-state index in [1.165, 1.54) is 0 Å². The lowest BCUT2D eigenvalue weighted by atomic mass is 9.82. The fourth-order valence-corrected chi connectivity index (χ4v) is 3.45. The summed E-state index contributed by atoms with van der Waals surface area (Å²) in [5, 5.41) is 12.4. The highest BCUT2D eigenvalue weighted by atomic mass is 16.2. The van der Waals surface area contributed by atoms with Crippen LogP contribution in [0.5, 0.6) is 0 Å². The Hall–Kier alpha value is -2.35. The first-order chi connectivity index (χ1) is 11.1. The third-order valence-corrected chi connectivity index (χ3v) is 4.77. The molecular weight excluding hydrogens is 290 g/mol. The van der Waals surface area contributed by atoms with Gasteiger partial charge in [-0.15, -0.1) is 0 Å². The van der Waals surface area contributed by atoms with E-state index in [1.54, 1.807) is 23.1 Å². The van der Waals surface area contributed by atoms with Gasteiger partial charge in [-0.25, -0.2) is 0 Å². The smallest absolute Gasteiger partial charge is 0.252 e. The minimum absolute atomic E-state index is 0.100. The molecule has 1 aliphatic heterocycles. The van der Waals surface area contributed by atoms with Crippen molar-refractivity contribution in [1.82, 2.24) is 5.32 Å². The number of hydrogen-bond donors (Lipinski definition) is 1. The Labute approximate surface area is 136 Å². The van der Waals surface area contributed by atoms with Crippen LogP contribution in [-0.4, -0.2) is 23.9 Å². The predicted molar refractivity (Wildman–Crippen MR) is 86.9 cm³/mol. The first kappa shape index (κ1) is 15.5. The van der Waals surface area contributed by atoms with Gasteiger partial charge in [-0.2, -0.15) is 5.26 Å². The summed E-state index contributed by atoms with van der Waals surface area (Å²) in [7, 11) is 0. The van der Waals surface area contributed by atoms with Crippen molar-refractivity contribution >= 4 is 17.5 Å². The fourth-order valence-electron chi connectivity index (χ4n) is 3.45. The van der Waals surface area contributed by atoms with Gasteiger partial charge in [0.25, 0.3) is 5.91 Å². The van der Waals surface area contributed by atoms with Crippen LogP contribution in [0, 0.1) is 11.3 Å². The number of amides is 2. The highest BCUT2D eigenvalue weighted by Crippen LogP contribution is 2.28. The van der Waals surface area contributed by atoms with Crippen molar-refractivity contribution in [1.29, 1.82) is 5.26 Å². The average molecular weight is 311 g/mol. The van der Waals surface area contributed by atoms with Crippen molar-refractivity contribution < 1.29 is 9.59 Å². The van der Waals surface area contributed by atoms with Gasteiger partial charge in [0.1, 0.15) is 5.54 Å². The molecule has 2 fully saturated rings. The van der Waals surface area contributed by atoms with E-state index < -0.39 is 5.54 Å². The summed E-state index contributed by atoms with van der Waals surface area (Å²) < 4.78 is 0. The van der Waals surface area contributed by atoms with Crippen LogP contribution in [0.3, 0.4) is 0 Å². The minimum atomic E-state index is -0.741. The number of nitriles is 1. The molecule has 0 unspecified atom stereocenters. The molecule has 1 saturated carbocycles. The Kier molecular flexibility index (Phi) is 4.33. The van der Waals surface area contributed by atoms with Crippen molar-refractivity contribution in [2.45, 2.75) is 50.5 Å². The molecule has 1 heterocycles. The Morgan fingerprint density at radius 2 is 2.00 bits per heavy atom. The van der Waals surface area contributed by atoms with Crippen molar-refractivity contribution in [2.75, 3.05) is 11.4 Å². The molecular formula is C18H21N3O2. The van der Waals surface area contributed by atoms with E-state index in [0.29, 0.717) is 31.4 Å². The van der Waals surface area contributed by atoms with E-state index in [2.05, 4.69) is 11.4 Å². The van der Waals surface area contributed by atoms with E-state index in [9.17, 15) is 14.9 Å². The van der Waals surface area contributed by atoms with Gasteiger partial charge >= 0.3 is 0 Å². The second-order valence-electron chi connectivity index (χ2n) is 6.41. The lowest BCUT2D eigenvalue weighted by Gasteiger charge is -2.31. The Morgan fingerprint density at radius 3 is 2.65 bits per heavy atom. The summed E-state index contributed by atoms with van der Waals surface area (Å²) in [6.07, 6.45) is 5.89. The molecule has 1 saturated heterocycles. The lowest BCUT2D eigenvalue weighted by Crippen LogP contribution is -2.48. The summed E-state index contributed by atoms with van der Waals surface area (Å²) in [6, 6.07) is 9.41. The van der Waals surface area contributed by atoms with Crippen molar-refractivity contribution in [3.05, 3.63) is 29.8 Å². The van der Waals surface area contributed by atoms with E-state index >= 15 is 0 Å². The van der Waals surface area contributed by atoms with Gasteiger partial charge in [0.2, 0.25) is 5.91 Å². The van der Waals surface area contributed by atoms with Crippen LogP contribution in [0.1, 0.15) is 55.3 Å². The number of hydrogen-bond acceptors (Lipinski definition) is 3. The molecule has 5 nitrogen and oxygen atoms in total. The number of anilines is 1. The monoisotopic (exact) mass is 311 g/mol. The summed E-state index contributed by atoms with van der Waals surface area (Å²) in [5.41, 5.74) is 0.520. The van der Waals surface area contributed by atoms with Crippen molar-refractivity contribution in [3.8, 4) is 6.07 Å². The molecule has 0 spiro atoms. The van der Waals surface area contributed by atoms with Crippen LogP contribution in [0.25, 0.3) is 0 Å². The Balaban J connectivity index is 1.77. The zero-order chi connectivity index (χ0) is 16.3. The summed E-state index contributed by atoms with van der Waals surface area (Å²) >= 11 is 0. The zero-order valence-corrected chi connectivity index (χ0v) is 13.2. The van der Waals surface area contributed by atoms with E-state index in [1.807, 2.05) is 6.07 Å². The van der Waals surface area contributed by atoms with Gasteiger partial charge in [0.15, 0.2) is 0 Å². The molecule has 3 rings (SSSR count).